The lowest BCUT2D eigenvalue weighted by Gasteiger charge is -2.11. The topological polar surface area (TPSA) is 90.4 Å². The number of nitrogens with one attached hydrogen (secondary N) is 2. The summed E-state index contributed by atoms with van der Waals surface area (Å²) in [7, 11) is 4.00. The van der Waals surface area contributed by atoms with Crippen LogP contribution in [-0.2, 0) is 16.1 Å². The number of carbonyl (C=O) groups is 2. The number of aromatic amines is 1. The average molecular weight is 414 g/mol. The summed E-state index contributed by atoms with van der Waals surface area (Å²) in [4.78, 5) is 31.1. The van der Waals surface area contributed by atoms with E-state index in [0.29, 0.717) is 28.8 Å². The number of likely N-dealkylation sites (N-methyl/N-ethyl adjacent to an activating group) is 1. The Bertz CT molecular complexity index is 1390. The fourth-order valence-electron chi connectivity index (χ4n) is 4.22. The zero-order valence-corrected chi connectivity index (χ0v) is 17.3. The van der Waals surface area contributed by atoms with Crippen molar-refractivity contribution in [2.75, 3.05) is 20.6 Å². The van der Waals surface area contributed by atoms with Crippen LogP contribution < -0.4 is 5.32 Å². The largest absolute Gasteiger partial charge is 0.508 e. The van der Waals surface area contributed by atoms with Gasteiger partial charge in [0.25, 0.3) is 11.8 Å². The molecule has 2 amide bonds. The quantitative estimate of drug-likeness (QED) is 0.438. The Labute approximate surface area is 178 Å². The maximum absolute atomic E-state index is 13.0. The Balaban J connectivity index is 1.78. The third-order valence-electron chi connectivity index (χ3n) is 5.71. The molecule has 7 heteroatoms. The van der Waals surface area contributed by atoms with E-state index in [4.69, 9.17) is 0 Å². The van der Waals surface area contributed by atoms with Crippen LogP contribution in [0.15, 0.2) is 54.9 Å². The van der Waals surface area contributed by atoms with Gasteiger partial charge in [-0.2, -0.15) is 0 Å². The monoisotopic (exact) mass is 414 g/mol. The van der Waals surface area contributed by atoms with Crippen LogP contribution in [0.4, 0.5) is 0 Å². The molecule has 0 atom stereocenters. The van der Waals surface area contributed by atoms with Crippen molar-refractivity contribution < 1.29 is 14.7 Å². The van der Waals surface area contributed by atoms with E-state index < -0.39 is 11.8 Å². The fraction of sp³-hybridized carbons (Fsp3) is 0.167. The fourth-order valence-corrected chi connectivity index (χ4v) is 4.22. The number of aromatic hydroxyl groups is 1. The molecule has 0 aliphatic carbocycles. The molecule has 0 bridgehead atoms. The van der Waals surface area contributed by atoms with Gasteiger partial charge in [0.2, 0.25) is 0 Å². The molecule has 0 spiro atoms. The van der Waals surface area contributed by atoms with Crippen molar-refractivity contribution in [1.82, 2.24) is 19.8 Å². The number of phenols is 1. The SMILES string of the molecule is CN(C)CCn1cc(C2=C(c3c[nH]c4ccccc34)C(=O)NC2=O)c2cc(O)ccc21. The molecular formula is C24H22N4O3. The van der Waals surface area contributed by atoms with Gasteiger partial charge < -0.3 is 19.6 Å². The molecule has 3 heterocycles. The minimum absolute atomic E-state index is 0.109. The normalized spacial score (nSPS) is 14.4. The molecule has 1 aliphatic heterocycles. The molecule has 0 fully saturated rings. The van der Waals surface area contributed by atoms with Gasteiger partial charge in [-0.25, -0.2) is 0 Å². The highest BCUT2D eigenvalue weighted by molar-refractivity contribution is 6.50. The standard InChI is InChI=1S/C24H22N4O3/c1-27(2)9-10-28-13-18(16-11-14(29)7-8-20(16)28)22-21(23(30)26-24(22)31)17-12-25-19-6-4-3-5-15(17)19/h3-8,11-13,25,29H,9-10H2,1-2H3,(H,26,30,31). The first-order valence-corrected chi connectivity index (χ1v) is 10.1. The van der Waals surface area contributed by atoms with Gasteiger partial charge in [-0.3, -0.25) is 14.9 Å². The van der Waals surface area contributed by atoms with E-state index in [9.17, 15) is 14.7 Å². The first-order chi connectivity index (χ1) is 14.9. The molecule has 31 heavy (non-hydrogen) atoms. The molecule has 5 rings (SSSR count). The Kier molecular flexibility index (Phi) is 4.41. The van der Waals surface area contributed by atoms with Crippen LogP contribution in [-0.4, -0.2) is 52.0 Å². The molecule has 0 saturated carbocycles. The number of aromatic nitrogens is 2. The maximum atomic E-state index is 13.0. The number of para-hydroxylation sites is 1. The van der Waals surface area contributed by atoms with E-state index in [1.807, 2.05) is 50.6 Å². The number of fused-ring (bicyclic) bond motifs is 2. The predicted octanol–water partition coefficient (Wildman–Crippen LogP) is 2.96. The van der Waals surface area contributed by atoms with Crippen molar-refractivity contribution in [3.63, 3.8) is 0 Å². The Morgan fingerprint density at radius 3 is 2.48 bits per heavy atom. The summed E-state index contributed by atoms with van der Waals surface area (Å²) in [5.74, 6) is -0.738. The Morgan fingerprint density at radius 1 is 0.968 bits per heavy atom. The van der Waals surface area contributed by atoms with Crippen LogP contribution in [0.3, 0.4) is 0 Å². The summed E-state index contributed by atoms with van der Waals surface area (Å²) in [6.07, 6.45) is 3.66. The third-order valence-corrected chi connectivity index (χ3v) is 5.71. The molecule has 0 radical (unpaired) electrons. The van der Waals surface area contributed by atoms with Crippen LogP contribution in [0.2, 0.25) is 0 Å². The molecule has 0 saturated heterocycles. The summed E-state index contributed by atoms with van der Waals surface area (Å²) in [5, 5.41) is 14.2. The van der Waals surface area contributed by atoms with Crippen molar-refractivity contribution in [2.45, 2.75) is 6.54 Å². The number of nitrogens with zero attached hydrogens (tertiary/aromatic N) is 2. The number of H-pyrrole nitrogens is 1. The first kappa shape index (κ1) is 19.1. The number of phenolic OH excluding ortho intramolecular Hbond substituents is 1. The molecule has 0 unspecified atom stereocenters. The Morgan fingerprint density at radius 2 is 1.71 bits per heavy atom. The molecule has 156 valence electrons. The van der Waals surface area contributed by atoms with Crippen LogP contribution in [0.5, 0.6) is 5.75 Å². The van der Waals surface area contributed by atoms with Gasteiger partial charge in [-0.15, -0.1) is 0 Å². The van der Waals surface area contributed by atoms with Gasteiger partial charge in [0, 0.05) is 58.4 Å². The molecule has 3 N–H and O–H groups in total. The lowest BCUT2D eigenvalue weighted by atomic mass is 9.95. The molecule has 1 aliphatic rings. The van der Waals surface area contributed by atoms with E-state index in [1.165, 1.54) is 0 Å². The highest BCUT2D eigenvalue weighted by Gasteiger charge is 2.35. The maximum Gasteiger partial charge on any atom is 0.259 e. The number of amides is 2. The van der Waals surface area contributed by atoms with Crippen LogP contribution in [0.25, 0.3) is 33.0 Å². The average Bonchev–Trinajstić information content (AvgIpc) is 3.39. The number of hydrogen-bond donors (Lipinski definition) is 3. The summed E-state index contributed by atoms with van der Waals surface area (Å²) < 4.78 is 2.06. The van der Waals surface area contributed by atoms with E-state index >= 15 is 0 Å². The lowest BCUT2D eigenvalue weighted by molar-refractivity contribution is -0.122. The van der Waals surface area contributed by atoms with Crippen LogP contribution >= 0.6 is 0 Å². The van der Waals surface area contributed by atoms with Gasteiger partial charge in [0.15, 0.2) is 0 Å². The zero-order valence-electron chi connectivity index (χ0n) is 17.3. The number of carbonyl (C=O) groups excluding carboxylic acids is 2. The van der Waals surface area contributed by atoms with Crippen molar-refractivity contribution in [3.05, 3.63) is 66.0 Å². The minimum Gasteiger partial charge on any atom is -0.508 e. The summed E-state index contributed by atoms with van der Waals surface area (Å²) >= 11 is 0. The summed E-state index contributed by atoms with van der Waals surface area (Å²) in [5.41, 5.74) is 3.78. The van der Waals surface area contributed by atoms with E-state index in [1.54, 1.807) is 18.3 Å². The molecule has 7 nitrogen and oxygen atoms in total. The van der Waals surface area contributed by atoms with Crippen molar-refractivity contribution in [2.24, 2.45) is 0 Å². The summed E-state index contributed by atoms with van der Waals surface area (Å²) in [6, 6.07) is 12.8. The predicted molar refractivity (Wildman–Crippen MR) is 120 cm³/mol. The highest BCUT2D eigenvalue weighted by atomic mass is 16.3. The molecule has 2 aromatic carbocycles. The van der Waals surface area contributed by atoms with Crippen LogP contribution in [0, 0.1) is 0 Å². The minimum atomic E-state index is -0.430. The Hall–Kier alpha value is -3.84. The third kappa shape index (κ3) is 3.10. The van der Waals surface area contributed by atoms with Crippen molar-refractivity contribution in [1.29, 1.82) is 0 Å². The lowest BCUT2D eigenvalue weighted by Crippen LogP contribution is -2.22. The van der Waals surface area contributed by atoms with Gasteiger partial charge in [0.05, 0.1) is 11.1 Å². The van der Waals surface area contributed by atoms with Crippen molar-refractivity contribution >= 4 is 44.8 Å². The zero-order chi connectivity index (χ0) is 21.7. The number of hydrogen-bond acceptors (Lipinski definition) is 4. The molecular weight excluding hydrogens is 392 g/mol. The van der Waals surface area contributed by atoms with E-state index in [-0.39, 0.29) is 5.75 Å². The van der Waals surface area contributed by atoms with Gasteiger partial charge in [-0.1, -0.05) is 18.2 Å². The second-order valence-corrected chi connectivity index (χ2v) is 8.02. The van der Waals surface area contributed by atoms with E-state index in [0.717, 1.165) is 28.4 Å². The number of benzene rings is 2. The summed E-state index contributed by atoms with van der Waals surface area (Å²) in [6.45, 7) is 1.52. The number of imide groups is 1. The van der Waals surface area contributed by atoms with Crippen LogP contribution in [0.1, 0.15) is 11.1 Å². The molecule has 4 aromatic rings. The van der Waals surface area contributed by atoms with Gasteiger partial charge >= 0.3 is 0 Å². The highest BCUT2D eigenvalue weighted by Crippen LogP contribution is 2.39. The second-order valence-electron chi connectivity index (χ2n) is 8.02. The smallest absolute Gasteiger partial charge is 0.259 e. The van der Waals surface area contributed by atoms with E-state index in [2.05, 4.69) is 19.8 Å². The van der Waals surface area contributed by atoms with Gasteiger partial charge in [-0.05, 0) is 38.4 Å². The first-order valence-electron chi connectivity index (χ1n) is 10.1. The molecule has 2 aromatic heterocycles. The van der Waals surface area contributed by atoms with Crippen molar-refractivity contribution in [3.8, 4) is 5.75 Å². The second kappa shape index (κ2) is 7.14. The van der Waals surface area contributed by atoms with Gasteiger partial charge in [0.1, 0.15) is 5.75 Å². The number of rotatable bonds is 5.